The monoisotopic (exact) mass is 261 g/mol. The molecule has 1 aliphatic rings. The van der Waals surface area contributed by atoms with Gasteiger partial charge in [-0.15, -0.1) is 0 Å². The molecule has 0 radical (unpaired) electrons. The summed E-state index contributed by atoms with van der Waals surface area (Å²) in [5.74, 6) is 1.85. The summed E-state index contributed by atoms with van der Waals surface area (Å²) in [4.78, 5) is 4.67. The summed E-state index contributed by atoms with van der Waals surface area (Å²) in [7, 11) is 0. The second kappa shape index (κ2) is 5.24. The van der Waals surface area contributed by atoms with Crippen LogP contribution in [-0.4, -0.2) is 16.1 Å². The second-order valence-corrected chi connectivity index (χ2v) is 5.82. The van der Waals surface area contributed by atoms with Crippen molar-refractivity contribution in [1.82, 2.24) is 14.9 Å². The summed E-state index contributed by atoms with van der Waals surface area (Å²) in [6.07, 6.45) is 4.71. The Morgan fingerprint density at radius 1 is 1.56 bits per heavy atom. The molecule has 0 saturated carbocycles. The summed E-state index contributed by atoms with van der Waals surface area (Å²) in [6.45, 7) is 5.23. The number of aryl methyl sites for hydroxylation is 2. The van der Waals surface area contributed by atoms with Crippen LogP contribution < -0.4 is 5.32 Å². The topological polar surface area (TPSA) is 29.9 Å². The summed E-state index contributed by atoms with van der Waals surface area (Å²) in [5, 5.41) is 7.90. The van der Waals surface area contributed by atoms with E-state index in [9.17, 15) is 0 Å². The quantitative estimate of drug-likeness (QED) is 0.917. The Morgan fingerprint density at radius 3 is 3.33 bits per heavy atom. The molecule has 1 N–H and O–H groups in total. The molecule has 0 saturated heterocycles. The van der Waals surface area contributed by atoms with Crippen molar-refractivity contribution in [1.29, 1.82) is 0 Å². The minimum atomic E-state index is 0.575. The maximum atomic E-state index is 4.67. The molecule has 0 fully saturated rings. The minimum absolute atomic E-state index is 0.575. The number of hydrogen-bond acceptors (Lipinski definition) is 3. The van der Waals surface area contributed by atoms with E-state index in [1.165, 1.54) is 24.2 Å². The number of fused-ring (bicyclic) bond motifs is 1. The van der Waals surface area contributed by atoms with Gasteiger partial charge >= 0.3 is 0 Å². The van der Waals surface area contributed by atoms with Crippen LogP contribution >= 0.6 is 11.3 Å². The average Bonchev–Trinajstić information content (AvgIpc) is 2.97. The predicted octanol–water partition coefficient (Wildman–Crippen LogP) is 2.92. The van der Waals surface area contributed by atoms with Gasteiger partial charge < -0.3 is 9.88 Å². The highest BCUT2D eigenvalue weighted by molar-refractivity contribution is 7.07. The fourth-order valence-corrected chi connectivity index (χ4v) is 3.35. The zero-order chi connectivity index (χ0) is 12.4. The SMILES string of the molecule is Cc1cn2c(n1)C(CNCc1ccsc1)CCC2. The molecule has 3 nitrogen and oxygen atoms in total. The van der Waals surface area contributed by atoms with Crippen molar-refractivity contribution >= 4 is 11.3 Å². The molecule has 0 aliphatic carbocycles. The van der Waals surface area contributed by atoms with Crippen LogP contribution in [0.5, 0.6) is 0 Å². The number of imidazole rings is 1. The first-order chi connectivity index (χ1) is 8.83. The Kier molecular flexibility index (Phi) is 3.48. The molecule has 3 heterocycles. The molecular formula is C14H19N3S. The molecule has 1 aliphatic heterocycles. The van der Waals surface area contributed by atoms with Crippen LogP contribution in [-0.2, 0) is 13.1 Å². The van der Waals surface area contributed by atoms with Crippen molar-refractivity contribution in [2.24, 2.45) is 0 Å². The van der Waals surface area contributed by atoms with Crippen LogP contribution in [0.15, 0.2) is 23.0 Å². The number of hydrogen-bond donors (Lipinski definition) is 1. The molecular weight excluding hydrogens is 242 g/mol. The van der Waals surface area contributed by atoms with Crippen molar-refractivity contribution in [2.45, 2.75) is 38.8 Å². The maximum Gasteiger partial charge on any atom is 0.113 e. The molecule has 0 spiro atoms. The van der Waals surface area contributed by atoms with Crippen molar-refractivity contribution in [3.8, 4) is 0 Å². The molecule has 1 unspecified atom stereocenters. The molecule has 2 aromatic rings. The van der Waals surface area contributed by atoms with Gasteiger partial charge in [-0.25, -0.2) is 4.98 Å². The lowest BCUT2D eigenvalue weighted by molar-refractivity contribution is 0.423. The molecule has 96 valence electrons. The van der Waals surface area contributed by atoms with E-state index in [1.54, 1.807) is 11.3 Å². The van der Waals surface area contributed by atoms with Crippen LogP contribution in [0.25, 0.3) is 0 Å². The third-order valence-corrected chi connectivity index (χ3v) is 4.28. The Labute approximate surface area is 112 Å². The number of thiophene rings is 1. The third-order valence-electron chi connectivity index (χ3n) is 3.54. The standard InChI is InChI=1S/C14H19N3S/c1-11-9-17-5-2-3-13(14(17)16-11)8-15-7-12-4-6-18-10-12/h4,6,9-10,13,15H,2-3,5,7-8H2,1H3. The summed E-state index contributed by atoms with van der Waals surface area (Å²) >= 11 is 1.76. The van der Waals surface area contributed by atoms with Gasteiger partial charge in [0, 0.05) is 31.7 Å². The van der Waals surface area contributed by atoms with Crippen LogP contribution in [0.2, 0.25) is 0 Å². The Hall–Kier alpha value is -1.13. The van der Waals surface area contributed by atoms with Gasteiger partial charge in [-0.2, -0.15) is 11.3 Å². The summed E-state index contributed by atoms with van der Waals surface area (Å²) in [5.41, 5.74) is 2.53. The van der Waals surface area contributed by atoms with Crippen molar-refractivity contribution in [2.75, 3.05) is 6.54 Å². The van der Waals surface area contributed by atoms with E-state index >= 15 is 0 Å². The molecule has 0 aromatic carbocycles. The Balaban J connectivity index is 1.60. The predicted molar refractivity (Wildman–Crippen MR) is 75.0 cm³/mol. The number of nitrogens with one attached hydrogen (secondary N) is 1. The van der Waals surface area contributed by atoms with Gasteiger partial charge in [0.15, 0.2) is 0 Å². The number of nitrogens with zero attached hydrogens (tertiary/aromatic N) is 2. The van der Waals surface area contributed by atoms with Gasteiger partial charge in [0.1, 0.15) is 5.82 Å². The van der Waals surface area contributed by atoms with Gasteiger partial charge in [-0.05, 0) is 42.2 Å². The lowest BCUT2D eigenvalue weighted by atomic mass is 9.99. The average molecular weight is 261 g/mol. The maximum absolute atomic E-state index is 4.67. The van der Waals surface area contributed by atoms with Crippen LogP contribution in [0.4, 0.5) is 0 Å². The molecule has 1 atom stereocenters. The molecule has 0 bridgehead atoms. The molecule has 2 aromatic heterocycles. The summed E-state index contributed by atoms with van der Waals surface area (Å²) in [6, 6.07) is 2.18. The van der Waals surface area contributed by atoms with Crippen molar-refractivity contribution in [3.05, 3.63) is 40.1 Å². The normalized spacial score (nSPS) is 18.8. The van der Waals surface area contributed by atoms with Crippen LogP contribution in [0, 0.1) is 6.92 Å². The van der Waals surface area contributed by atoms with Gasteiger partial charge in [0.05, 0.1) is 5.69 Å². The van der Waals surface area contributed by atoms with E-state index < -0.39 is 0 Å². The smallest absolute Gasteiger partial charge is 0.113 e. The summed E-state index contributed by atoms with van der Waals surface area (Å²) < 4.78 is 2.33. The van der Waals surface area contributed by atoms with Crippen molar-refractivity contribution in [3.63, 3.8) is 0 Å². The van der Waals surface area contributed by atoms with Crippen LogP contribution in [0.3, 0.4) is 0 Å². The highest BCUT2D eigenvalue weighted by Crippen LogP contribution is 2.26. The van der Waals surface area contributed by atoms with Crippen molar-refractivity contribution < 1.29 is 0 Å². The minimum Gasteiger partial charge on any atom is -0.334 e. The Bertz CT molecular complexity index is 501. The van der Waals surface area contributed by atoms with E-state index in [4.69, 9.17) is 0 Å². The molecule has 3 rings (SSSR count). The molecule has 0 amide bonds. The second-order valence-electron chi connectivity index (χ2n) is 5.04. The first-order valence-electron chi connectivity index (χ1n) is 6.58. The number of rotatable bonds is 4. The van der Waals surface area contributed by atoms with Gasteiger partial charge in [0.2, 0.25) is 0 Å². The van der Waals surface area contributed by atoms with E-state index in [2.05, 4.69) is 44.8 Å². The van der Waals surface area contributed by atoms with Crippen LogP contribution in [0.1, 0.15) is 35.8 Å². The third kappa shape index (κ3) is 2.49. The van der Waals surface area contributed by atoms with E-state index in [-0.39, 0.29) is 0 Å². The zero-order valence-electron chi connectivity index (χ0n) is 10.7. The molecule has 18 heavy (non-hydrogen) atoms. The van der Waals surface area contributed by atoms with Gasteiger partial charge in [-0.3, -0.25) is 0 Å². The van der Waals surface area contributed by atoms with E-state index in [0.717, 1.165) is 25.3 Å². The number of aromatic nitrogens is 2. The van der Waals surface area contributed by atoms with E-state index in [1.807, 2.05) is 0 Å². The zero-order valence-corrected chi connectivity index (χ0v) is 11.5. The Morgan fingerprint density at radius 2 is 2.50 bits per heavy atom. The molecule has 4 heteroatoms. The van der Waals surface area contributed by atoms with Gasteiger partial charge in [-0.1, -0.05) is 0 Å². The lowest BCUT2D eigenvalue weighted by Gasteiger charge is -2.23. The first-order valence-corrected chi connectivity index (χ1v) is 7.52. The fraction of sp³-hybridized carbons (Fsp3) is 0.500. The van der Waals surface area contributed by atoms with Gasteiger partial charge in [0.25, 0.3) is 0 Å². The highest BCUT2D eigenvalue weighted by atomic mass is 32.1. The largest absolute Gasteiger partial charge is 0.334 e. The highest BCUT2D eigenvalue weighted by Gasteiger charge is 2.21. The fourth-order valence-electron chi connectivity index (χ4n) is 2.68. The first kappa shape index (κ1) is 11.9. The van der Waals surface area contributed by atoms with E-state index in [0.29, 0.717) is 5.92 Å². The lowest BCUT2D eigenvalue weighted by Crippen LogP contribution is -2.26.